The largest absolute Gasteiger partial charge is 0.398 e. The smallest absolute Gasteiger partial charge is 0.0568 e. The molecule has 0 spiro atoms. The molecule has 3 rings (SSSR count). The van der Waals surface area contributed by atoms with Gasteiger partial charge in [0.05, 0.1) is 11.2 Å². The maximum Gasteiger partial charge on any atom is 0.0568 e. The first-order chi connectivity index (χ1) is 8.65. The first-order valence-electron chi connectivity index (χ1n) is 6.22. The Labute approximate surface area is 112 Å². The summed E-state index contributed by atoms with van der Waals surface area (Å²) >= 11 is 6.34. The quantitative estimate of drug-likeness (QED) is 0.860. The zero-order chi connectivity index (χ0) is 12.7. The van der Waals surface area contributed by atoms with E-state index in [1.807, 2.05) is 29.9 Å². The minimum Gasteiger partial charge on any atom is -0.398 e. The Kier molecular flexibility index (Phi) is 2.78. The molecule has 1 fully saturated rings. The summed E-state index contributed by atoms with van der Waals surface area (Å²) < 4.78 is 2.01. The van der Waals surface area contributed by atoms with Gasteiger partial charge in [0.15, 0.2) is 0 Å². The standard InChI is InChI=1S/C14H16ClN3/c1-9-13(16)5-4-12(14(9)15)11-6-17-18(8-11)7-10-2-3-10/h4-6,8,10H,2-3,7,16H2,1H3. The maximum atomic E-state index is 6.34. The van der Waals surface area contributed by atoms with Crippen molar-refractivity contribution in [2.45, 2.75) is 26.3 Å². The Morgan fingerprint density at radius 3 is 2.94 bits per heavy atom. The summed E-state index contributed by atoms with van der Waals surface area (Å²) in [5.41, 5.74) is 9.57. The minimum absolute atomic E-state index is 0.723. The predicted octanol–water partition coefficient (Wildman–Crippen LogP) is 3.50. The van der Waals surface area contributed by atoms with Crippen molar-refractivity contribution in [3.05, 3.63) is 35.1 Å². The van der Waals surface area contributed by atoms with Crippen molar-refractivity contribution >= 4 is 17.3 Å². The van der Waals surface area contributed by atoms with Crippen LogP contribution in [0, 0.1) is 12.8 Å². The fraction of sp³-hybridized carbons (Fsp3) is 0.357. The lowest BCUT2D eigenvalue weighted by molar-refractivity contribution is 0.563. The fourth-order valence-corrected chi connectivity index (χ4v) is 2.37. The molecule has 0 amide bonds. The average Bonchev–Trinajstić information content (AvgIpc) is 3.04. The van der Waals surface area contributed by atoms with Gasteiger partial charge in [-0.05, 0) is 37.3 Å². The van der Waals surface area contributed by atoms with E-state index >= 15 is 0 Å². The molecular weight excluding hydrogens is 246 g/mol. The molecule has 4 heteroatoms. The molecule has 2 aromatic rings. The van der Waals surface area contributed by atoms with E-state index < -0.39 is 0 Å². The monoisotopic (exact) mass is 261 g/mol. The molecule has 94 valence electrons. The number of nitrogens with zero attached hydrogens (tertiary/aromatic N) is 2. The van der Waals surface area contributed by atoms with Crippen LogP contribution in [0.25, 0.3) is 11.1 Å². The number of hydrogen-bond acceptors (Lipinski definition) is 2. The summed E-state index contributed by atoms with van der Waals surface area (Å²) in [6.45, 7) is 2.96. The Hall–Kier alpha value is -1.48. The van der Waals surface area contributed by atoms with Crippen LogP contribution in [-0.4, -0.2) is 9.78 Å². The Bertz CT molecular complexity index is 585. The predicted molar refractivity (Wildman–Crippen MR) is 74.5 cm³/mol. The van der Waals surface area contributed by atoms with Gasteiger partial charge in [-0.2, -0.15) is 5.10 Å². The van der Waals surface area contributed by atoms with Gasteiger partial charge < -0.3 is 5.73 Å². The molecule has 2 N–H and O–H groups in total. The summed E-state index contributed by atoms with van der Waals surface area (Å²) in [6, 6.07) is 3.86. The number of benzene rings is 1. The normalized spacial score (nSPS) is 15.0. The topological polar surface area (TPSA) is 43.8 Å². The van der Waals surface area contributed by atoms with Crippen LogP contribution >= 0.6 is 11.6 Å². The number of nitrogen functional groups attached to an aromatic ring is 1. The van der Waals surface area contributed by atoms with Crippen molar-refractivity contribution in [3.8, 4) is 11.1 Å². The third-order valence-corrected chi connectivity index (χ3v) is 4.00. The summed E-state index contributed by atoms with van der Waals surface area (Å²) in [7, 11) is 0. The van der Waals surface area contributed by atoms with Crippen molar-refractivity contribution in [3.63, 3.8) is 0 Å². The lowest BCUT2D eigenvalue weighted by atomic mass is 10.1. The van der Waals surface area contributed by atoms with Gasteiger partial charge in [-0.25, -0.2) is 0 Å². The molecule has 0 saturated heterocycles. The van der Waals surface area contributed by atoms with Crippen molar-refractivity contribution < 1.29 is 0 Å². The van der Waals surface area contributed by atoms with E-state index in [-0.39, 0.29) is 0 Å². The maximum absolute atomic E-state index is 6.34. The number of rotatable bonds is 3. The van der Waals surface area contributed by atoms with Crippen LogP contribution in [0.3, 0.4) is 0 Å². The fourth-order valence-electron chi connectivity index (χ4n) is 2.09. The summed E-state index contributed by atoms with van der Waals surface area (Å²) in [5.74, 6) is 0.821. The van der Waals surface area contributed by atoms with Crippen LogP contribution in [0.4, 0.5) is 5.69 Å². The van der Waals surface area contributed by atoms with E-state index in [1.165, 1.54) is 12.8 Å². The molecule has 0 unspecified atom stereocenters. The number of aromatic nitrogens is 2. The van der Waals surface area contributed by atoms with Gasteiger partial charge in [0.1, 0.15) is 0 Å². The van der Waals surface area contributed by atoms with Crippen LogP contribution in [0.1, 0.15) is 18.4 Å². The molecule has 0 atom stereocenters. The summed E-state index contributed by atoms with van der Waals surface area (Å²) in [4.78, 5) is 0. The van der Waals surface area contributed by atoms with E-state index in [4.69, 9.17) is 17.3 Å². The van der Waals surface area contributed by atoms with E-state index in [9.17, 15) is 0 Å². The molecule has 3 nitrogen and oxygen atoms in total. The van der Waals surface area contributed by atoms with Gasteiger partial charge in [0.25, 0.3) is 0 Å². The molecule has 1 heterocycles. The van der Waals surface area contributed by atoms with Crippen LogP contribution in [0.5, 0.6) is 0 Å². The van der Waals surface area contributed by atoms with E-state index in [2.05, 4.69) is 11.3 Å². The molecule has 1 aromatic carbocycles. The molecule has 1 saturated carbocycles. The molecule has 1 aliphatic rings. The highest BCUT2D eigenvalue weighted by Crippen LogP contribution is 2.34. The van der Waals surface area contributed by atoms with E-state index in [1.54, 1.807) is 0 Å². The molecule has 0 bridgehead atoms. The Morgan fingerprint density at radius 2 is 2.22 bits per heavy atom. The molecule has 18 heavy (non-hydrogen) atoms. The highest BCUT2D eigenvalue weighted by atomic mass is 35.5. The second-order valence-corrected chi connectivity index (χ2v) is 5.41. The zero-order valence-corrected chi connectivity index (χ0v) is 11.1. The molecule has 1 aliphatic carbocycles. The third kappa shape index (κ3) is 2.10. The van der Waals surface area contributed by atoms with Crippen LogP contribution < -0.4 is 5.73 Å². The SMILES string of the molecule is Cc1c(N)ccc(-c2cnn(CC3CC3)c2)c1Cl. The molecular formula is C14H16ClN3. The van der Waals surface area contributed by atoms with Gasteiger partial charge in [0, 0.05) is 29.6 Å². The van der Waals surface area contributed by atoms with Crippen LogP contribution in [-0.2, 0) is 6.54 Å². The Balaban J connectivity index is 1.93. The third-order valence-electron chi connectivity index (χ3n) is 3.51. The summed E-state index contributed by atoms with van der Waals surface area (Å²) in [6.07, 6.45) is 6.60. The lowest BCUT2D eigenvalue weighted by Gasteiger charge is -2.07. The van der Waals surface area contributed by atoms with Gasteiger partial charge in [0.2, 0.25) is 0 Å². The molecule has 0 aliphatic heterocycles. The van der Waals surface area contributed by atoms with Crippen molar-refractivity contribution in [1.29, 1.82) is 0 Å². The van der Waals surface area contributed by atoms with Gasteiger partial charge in [-0.1, -0.05) is 17.7 Å². The van der Waals surface area contributed by atoms with E-state index in [0.717, 1.165) is 39.9 Å². The number of anilines is 1. The van der Waals surface area contributed by atoms with Gasteiger partial charge in [-0.3, -0.25) is 4.68 Å². The second-order valence-electron chi connectivity index (χ2n) is 5.04. The second kappa shape index (κ2) is 4.32. The molecule has 1 aromatic heterocycles. The van der Waals surface area contributed by atoms with Crippen molar-refractivity contribution in [2.24, 2.45) is 5.92 Å². The minimum atomic E-state index is 0.723. The Morgan fingerprint density at radius 1 is 1.44 bits per heavy atom. The first-order valence-corrected chi connectivity index (χ1v) is 6.60. The van der Waals surface area contributed by atoms with Gasteiger partial charge in [-0.15, -0.1) is 0 Å². The van der Waals surface area contributed by atoms with Crippen LogP contribution in [0.2, 0.25) is 5.02 Å². The molecule has 0 radical (unpaired) electrons. The number of halogens is 1. The highest BCUT2D eigenvalue weighted by Gasteiger charge is 2.22. The zero-order valence-electron chi connectivity index (χ0n) is 10.4. The van der Waals surface area contributed by atoms with Crippen molar-refractivity contribution in [2.75, 3.05) is 5.73 Å². The van der Waals surface area contributed by atoms with Crippen molar-refractivity contribution in [1.82, 2.24) is 9.78 Å². The summed E-state index contributed by atoms with van der Waals surface area (Å²) in [5, 5.41) is 5.12. The average molecular weight is 262 g/mol. The van der Waals surface area contributed by atoms with Gasteiger partial charge >= 0.3 is 0 Å². The van der Waals surface area contributed by atoms with Crippen LogP contribution in [0.15, 0.2) is 24.5 Å². The van der Waals surface area contributed by atoms with E-state index in [0.29, 0.717) is 0 Å². The lowest BCUT2D eigenvalue weighted by Crippen LogP contribution is -1.99. The number of hydrogen-bond donors (Lipinski definition) is 1. The first kappa shape index (κ1) is 11.6. The number of nitrogens with two attached hydrogens (primary N) is 1. The highest BCUT2D eigenvalue weighted by molar-refractivity contribution is 6.34.